The maximum atomic E-state index is 5.89. The number of nitrogen functional groups attached to an aromatic ring is 1. The van der Waals surface area contributed by atoms with E-state index < -0.39 is 0 Å². The molecule has 0 spiro atoms. The van der Waals surface area contributed by atoms with Gasteiger partial charge in [0.15, 0.2) is 5.82 Å². The molecule has 0 radical (unpaired) electrons. The fourth-order valence-electron chi connectivity index (χ4n) is 1.76. The normalized spacial score (nSPS) is 11.1. The molecule has 0 aromatic carbocycles. The van der Waals surface area contributed by atoms with Crippen LogP contribution in [0.15, 0.2) is 24.8 Å². The highest BCUT2D eigenvalue weighted by Gasteiger charge is 2.10. The van der Waals surface area contributed by atoms with Crippen molar-refractivity contribution < 1.29 is 0 Å². The summed E-state index contributed by atoms with van der Waals surface area (Å²) >= 11 is 0. The second kappa shape index (κ2) is 3.55. The van der Waals surface area contributed by atoms with Crippen molar-refractivity contribution >= 4 is 17.0 Å². The van der Waals surface area contributed by atoms with Crippen LogP contribution >= 0.6 is 0 Å². The molecule has 3 aromatic rings. The van der Waals surface area contributed by atoms with Crippen molar-refractivity contribution in [3.63, 3.8) is 0 Å². The van der Waals surface area contributed by atoms with Crippen molar-refractivity contribution in [3.8, 4) is 0 Å². The number of pyridine rings is 1. The molecule has 7 nitrogen and oxygen atoms in total. The van der Waals surface area contributed by atoms with Gasteiger partial charge >= 0.3 is 0 Å². The van der Waals surface area contributed by atoms with Crippen molar-refractivity contribution in [2.75, 3.05) is 5.73 Å². The van der Waals surface area contributed by atoms with E-state index in [2.05, 4.69) is 20.2 Å². The molecule has 3 rings (SSSR count). The standard InChI is InChI=1S/C10H11N7/c1-16-6-13-15-9(16)5-17-8-2-3-12-4-7(8)14-10(17)11/h2-4,6H,5H2,1H3,(H2,11,14). The highest BCUT2D eigenvalue weighted by molar-refractivity contribution is 5.77. The van der Waals surface area contributed by atoms with Gasteiger partial charge in [0.2, 0.25) is 5.95 Å². The summed E-state index contributed by atoms with van der Waals surface area (Å²) in [5.74, 6) is 1.28. The average Bonchev–Trinajstić information content (AvgIpc) is 2.85. The van der Waals surface area contributed by atoms with Gasteiger partial charge in [0.1, 0.15) is 11.8 Å². The summed E-state index contributed by atoms with van der Waals surface area (Å²) in [6, 6.07) is 1.88. The van der Waals surface area contributed by atoms with Crippen LogP contribution in [0.1, 0.15) is 5.82 Å². The number of aryl methyl sites for hydroxylation is 1. The zero-order chi connectivity index (χ0) is 11.8. The zero-order valence-corrected chi connectivity index (χ0v) is 9.28. The minimum absolute atomic E-state index is 0.455. The Kier molecular flexibility index (Phi) is 2.04. The Bertz CT molecular complexity index is 666. The first-order valence-corrected chi connectivity index (χ1v) is 5.14. The van der Waals surface area contributed by atoms with Crippen molar-refractivity contribution in [1.82, 2.24) is 29.3 Å². The number of fused-ring (bicyclic) bond motifs is 1. The summed E-state index contributed by atoms with van der Waals surface area (Å²) in [5.41, 5.74) is 7.62. The highest BCUT2D eigenvalue weighted by atomic mass is 15.3. The van der Waals surface area contributed by atoms with Crippen LogP contribution in [0.2, 0.25) is 0 Å². The third kappa shape index (κ3) is 1.52. The van der Waals surface area contributed by atoms with Crippen LogP contribution in [-0.2, 0) is 13.6 Å². The molecular formula is C10H11N7. The molecule has 0 saturated heterocycles. The van der Waals surface area contributed by atoms with Crippen LogP contribution in [-0.4, -0.2) is 29.3 Å². The number of hydrogen-bond donors (Lipinski definition) is 1. The minimum Gasteiger partial charge on any atom is -0.369 e. The number of nitrogens with zero attached hydrogens (tertiary/aromatic N) is 6. The molecule has 2 N–H and O–H groups in total. The second-order valence-electron chi connectivity index (χ2n) is 3.78. The molecule has 17 heavy (non-hydrogen) atoms. The first-order valence-electron chi connectivity index (χ1n) is 5.14. The maximum absolute atomic E-state index is 5.89. The summed E-state index contributed by atoms with van der Waals surface area (Å²) in [5, 5.41) is 7.87. The maximum Gasteiger partial charge on any atom is 0.201 e. The van der Waals surface area contributed by atoms with Crippen LogP contribution in [0.5, 0.6) is 0 Å². The monoisotopic (exact) mass is 229 g/mol. The molecule has 3 aromatic heterocycles. The van der Waals surface area contributed by atoms with Gasteiger partial charge in [-0.1, -0.05) is 0 Å². The summed E-state index contributed by atoms with van der Waals surface area (Å²) in [7, 11) is 1.90. The number of hydrogen-bond acceptors (Lipinski definition) is 5. The van der Waals surface area contributed by atoms with E-state index in [0.29, 0.717) is 12.5 Å². The minimum atomic E-state index is 0.455. The third-order valence-corrected chi connectivity index (χ3v) is 2.68. The van der Waals surface area contributed by atoms with Gasteiger partial charge in [0.25, 0.3) is 0 Å². The van der Waals surface area contributed by atoms with Crippen LogP contribution in [0.3, 0.4) is 0 Å². The molecule has 0 aliphatic carbocycles. The first kappa shape index (κ1) is 9.76. The van der Waals surface area contributed by atoms with E-state index in [1.807, 2.05) is 22.2 Å². The number of aromatic nitrogens is 6. The van der Waals surface area contributed by atoms with E-state index in [-0.39, 0.29) is 0 Å². The van der Waals surface area contributed by atoms with Gasteiger partial charge in [0, 0.05) is 13.2 Å². The first-order chi connectivity index (χ1) is 8.25. The van der Waals surface area contributed by atoms with Crippen LogP contribution in [0.4, 0.5) is 5.95 Å². The van der Waals surface area contributed by atoms with Crippen molar-refractivity contribution in [2.24, 2.45) is 7.05 Å². The molecule has 86 valence electrons. The third-order valence-electron chi connectivity index (χ3n) is 2.68. The Morgan fingerprint density at radius 2 is 2.29 bits per heavy atom. The number of rotatable bonds is 2. The van der Waals surface area contributed by atoms with Gasteiger partial charge in [-0.15, -0.1) is 10.2 Å². The van der Waals surface area contributed by atoms with E-state index in [0.717, 1.165) is 16.9 Å². The van der Waals surface area contributed by atoms with E-state index >= 15 is 0 Å². The molecule has 0 fully saturated rings. The topological polar surface area (TPSA) is 87.4 Å². The molecular weight excluding hydrogens is 218 g/mol. The lowest BCUT2D eigenvalue weighted by Crippen LogP contribution is -2.08. The smallest absolute Gasteiger partial charge is 0.201 e. The van der Waals surface area contributed by atoms with Crippen molar-refractivity contribution in [2.45, 2.75) is 6.54 Å². The van der Waals surface area contributed by atoms with Gasteiger partial charge in [-0.05, 0) is 6.07 Å². The molecule has 0 amide bonds. The van der Waals surface area contributed by atoms with Gasteiger partial charge in [-0.3, -0.25) is 4.98 Å². The molecule has 0 saturated carbocycles. The molecule has 0 aliphatic heterocycles. The summed E-state index contributed by atoms with van der Waals surface area (Å²) in [4.78, 5) is 8.26. The zero-order valence-electron chi connectivity index (χ0n) is 9.28. The molecule has 0 bridgehead atoms. The van der Waals surface area contributed by atoms with Gasteiger partial charge in [-0.2, -0.15) is 0 Å². The quantitative estimate of drug-likeness (QED) is 0.677. The predicted octanol–water partition coefficient (Wildman–Crippen LogP) is 0.190. The highest BCUT2D eigenvalue weighted by Crippen LogP contribution is 2.17. The predicted molar refractivity (Wildman–Crippen MR) is 62.0 cm³/mol. The molecule has 0 unspecified atom stereocenters. The van der Waals surface area contributed by atoms with Crippen molar-refractivity contribution in [1.29, 1.82) is 0 Å². The van der Waals surface area contributed by atoms with E-state index in [1.165, 1.54) is 0 Å². The number of nitrogens with two attached hydrogens (primary N) is 1. The Morgan fingerprint density at radius 3 is 3.06 bits per heavy atom. The second-order valence-corrected chi connectivity index (χ2v) is 3.78. The van der Waals surface area contributed by atoms with Crippen LogP contribution in [0, 0.1) is 0 Å². The molecule has 0 atom stereocenters. The van der Waals surface area contributed by atoms with Gasteiger partial charge in [-0.25, -0.2) is 4.98 Å². The van der Waals surface area contributed by atoms with Crippen LogP contribution in [0.25, 0.3) is 11.0 Å². The van der Waals surface area contributed by atoms with E-state index in [4.69, 9.17) is 5.73 Å². The fourth-order valence-corrected chi connectivity index (χ4v) is 1.76. The Hall–Kier alpha value is -2.44. The molecule has 0 aliphatic rings. The average molecular weight is 229 g/mol. The lowest BCUT2D eigenvalue weighted by molar-refractivity contribution is 0.718. The van der Waals surface area contributed by atoms with Crippen LogP contribution < -0.4 is 5.73 Å². The lowest BCUT2D eigenvalue weighted by atomic mass is 10.4. The SMILES string of the molecule is Cn1cnnc1Cn1c(N)nc2cnccc21. The van der Waals surface area contributed by atoms with Gasteiger partial charge < -0.3 is 14.9 Å². The van der Waals surface area contributed by atoms with Crippen molar-refractivity contribution in [3.05, 3.63) is 30.6 Å². The Labute approximate surface area is 96.9 Å². The van der Waals surface area contributed by atoms with Gasteiger partial charge in [0.05, 0.1) is 18.3 Å². The number of anilines is 1. The Balaban J connectivity index is 2.11. The van der Waals surface area contributed by atoms with E-state index in [1.54, 1.807) is 18.7 Å². The number of imidazole rings is 1. The largest absolute Gasteiger partial charge is 0.369 e. The molecule has 3 heterocycles. The Morgan fingerprint density at radius 1 is 1.41 bits per heavy atom. The molecule has 7 heteroatoms. The summed E-state index contributed by atoms with van der Waals surface area (Å²) in [6.45, 7) is 0.544. The lowest BCUT2D eigenvalue weighted by Gasteiger charge is -2.05. The summed E-state index contributed by atoms with van der Waals surface area (Å²) in [6.07, 6.45) is 5.07. The van der Waals surface area contributed by atoms with E-state index in [9.17, 15) is 0 Å². The summed E-state index contributed by atoms with van der Waals surface area (Å²) < 4.78 is 3.74. The fraction of sp³-hybridized carbons (Fsp3) is 0.200.